The summed E-state index contributed by atoms with van der Waals surface area (Å²) in [5.74, 6) is 0. The first-order valence-electron chi connectivity index (χ1n) is 0.775. The maximum absolute atomic E-state index is 7.17. The van der Waals surface area contributed by atoms with Gasteiger partial charge in [0.2, 0.25) is 0 Å². The van der Waals surface area contributed by atoms with Crippen molar-refractivity contribution >= 4 is 45.1 Å². The number of hydrogen-bond donors (Lipinski definition) is 3. The Morgan fingerprint density at radius 3 is 1.17 bits per heavy atom. The molecule has 0 aliphatic carbocycles. The van der Waals surface area contributed by atoms with Gasteiger partial charge in [0.05, 0.1) is 0 Å². The largest absolute Gasteiger partial charge is 2.00 e. The Morgan fingerprint density at radius 2 is 1.17 bits per heavy atom. The zero-order valence-electron chi connectivity index (χ0n) is 5.20. The molecule has 0 saturated carbocycles. The van der Waals surface area contributed by atoms with Crippen LogP contribution < -0.4 is 0 Å². The predicted molar refractivity (Wildman–Crippen MR) is 20.4 cm³/mol. The van der Waals surface area contributed by atoms with Crippen LogP contribution in [0.2, 0.25) is 0 Å². The van der Waals surface area contributed by atoms with E-state index in [0.717, 1.165) is 0 Å². The minimum atomic E-state index is -2.17. The molecule has 0 unspecified atom stereocenters. The summed E-state index contributed by atoms with van der Waals surface area (Å²) in [5.41, 5.74) is 0. The van der Waals surface area contributed by atoms with Crippen LogP contribution in [-0.4, -0.2) is 60.1 Å². The van der Waals surface area contributed by atoms with Crippen molar-refractivity contribution < 1.29 is 50.6 Å². The average Bonchev–Trinajstić information content (AvgIpc) is 0.811. The molecule has 0 saturated heterocycles. The van der Waals surface area contributed by atoms with Gasteiger partial charge < -0.3 is 17.9 Å². The van der Waals surface area contributed by atoms with Crippen molar-refractivity contribution in [2.75, 3.05) is 0 Å². The summed E-state index contributed by atoms with van der Waals surface area (Å²) < 4.78 is 0. The SMILES string of the molecule is OB(O)O.[Ca+2].[H-].[H-].[Y]. The van der Waals surface area contributed by atoms with E-state index in [1.807, 2.05) is 0 Å². The molecular formula is H5BCaO3Y. The van der Waals surface area contributed by atoms with Gasteiger partial charge in [-0.1, -0.05) is 0 Å². The van der Waals surface area contributed by atoms with Gasteiger partial charge in [0, 0.05) is 32.7 Å². The van der Waals surface area contributed by atoms with Gasteiger partial charge in [-0.05, 0) is 0 Å². The Labute approximate surface area is 94.2 Å². The zero-order chi connectivity index (χ0) is 3.58. The zero-order valence-corrected chi connectivity index (χ0v) is 8.25. The summed E-state index contributed by atoms with van der Waals surface area (Å²) in [6.07, 6.45) is 0. The van der Waals surface area contributed by atoms with E-state index in [-0.39, 0.29) is 73.3 Å². The fourth-order valence-corrected chi connectivity index (χ4v) is 0. The molecule has 0 rings (SSSR count). The number of hydrogen-bond acceptors (Lipinski definition) is 3. The fourth-order valence-electron chi connectivity index (χ4n) is 0. The standard InChI is InChI=1S/BH3O3.Ca.Y.2H/c2-1(3)4;;;;/h2-4H;;;;/q;+2;;2*-1. The summed E-state index contributed by atoms with van der Waals surface area (Å²) in [7, 11) is -2.17. The smallest absolute Gasteiger partial charge is 1.00 e. The second-order valence-electron chi connectivity index (χ2n) is 0.346. The summed E-state index contributed by atoms with van der Waals surface area (Å²) in [6, 6.07) is 0. The summed E-state index contributed by atoms with van der Waals surface area (Å²) in [6.45, 7) is 0. The first kappa shape index (κ1) is 15.7. The molecule has 31 valence electrons. The molecule has 3 N–H and O–H groups in total. The van der Waals surface area contributed by atoms with Gasteiger partial charge in [0.15, 0.2) is 0 Å². The molecule has 0 fully saturated rings. The molecule has 0 spiro atoms. The topological polar surface area (TPSA) is 60.7 Å². The van der Waals surface area contributed by atoms with Gasteiger partial charge in [0.1, 0.15) is 0 Å². The molecule has 6 heteroatoms. The van der Waals surface area contributed by atoms with Crippen LogP contribution in [0.25, 0.3) is 0 Å². The molecular weight excluding hydrogens is 188 g/mol. The van der Waals surface area contributed by atoms with Crippen LogP contribution in [0.1, 0.15) is 2.85 Å². The Bertz CT molecular complexity index is 22.0. The van der Waals surface area contributed by atoms with E-state index < -0.39 is 7.32 Å². The molecule has 6 heavy (non-hydrogen) atoms. The second-order valence-corrected chi connectivity index (χ2v) is 0.346. The van der Waals surface area contributed by atoms with Crippen molar-refractivity contribution in [1.29, 1.82) is 0 Å². The van der Waals surface area contributed by atoms with Gasteiger partial charge in [0.25, 0.3) is 0 Å². The van der Waals surface area contributed by atoms with Gasteiger partial charge in [-0.2, -0.15) is 0 Å². The van der Waals surface area contributed by atoms with Crippen LogP contribution in [0, 0.1) is 0 Å². The molecule has 0 heterocycles. The van der Waals surface area contributed by atoms with Crippen LogP contribution in [0.15, 0.2) is 0 Å². The molecule has 0 aromatic heterocycles. The minimum absolute atomic E-state index is 0. The van der Waals surface area contributed by atoms with Crippen molar-refractivity contribution in [2.45, 2.75) is 0 Å². The van der Waals surface area contributed by atoms with Gasteiger partial charge in [-0.3, -0.25) is 0 Å². The summed E-state index contributed by atoms with van der Waals surface area (Å²) in [5, 5.41) is 21.5. The van der Waals surface area contributed by atoms with Crippen LogP contribution in [-0.2, 0) is 32.7 Å². The monoisotopic (exact) mass is 193 g/mol. The van der Waals surface area contributed by atoms with Crippen molar-refractivity contribution in [3.8, 4) is 0 Å². The fraction of sp³-hybridized carbons (Fsp3) is 0. The summed E-state index contributed by atoms with van der Waals surface area (Å²) in [4.78, 5) is 0. The molecule has 0 aromatic rings. The van der Waals surface area contributed by atoms with Gasteiger partial charge in [-0.15, -0.1) is 0 Å². The first-order valence-corrected chi connectivity index (χ1v) is 0.775. The normalized spacial score (nSPS) is 4.50. The molecule has 0 aromatic carbocycles. The van der Waals surface area contributed by atoms with Crippen molar-refractivity contribution in [3.05, 3.63) is 0 Å². The second kappa shape index (κ2) is 10.3. The van der Waals surface area contributed by atoms with Crippen molar-refractivity contribution in [2.24, 2.45) is 0 Å². The van der Waals surface area contributed by atoms with E-state index in [1.54, 1.807) is 0 Å². The Kier molecular flexibility index (Phi) is 27.1. The quantitative estimate of drug-likeness (QED) is 0.382. The maximum atomic E-state index is 7.17. The minimum Gasteiger partial charge on any atom is -1.00 e. The van der Waals surface area contributed by atoms with E-state index in [0.29, 0.717) is 0 Å². The van der Waals surface area contributed by atoms with Crippen molar-refractivity contribution in [3.63, 3.8) is 0 Å². The molecule has 1 radical (unpaired) electrons. The first-order chi connectivity index (χ1) is 1.73. The summed E-state index contributed by atoms with van der Waals surface area (Å²) >= 11 is 0. The Balaban J connectivity index is -0.00000000750. The molecule has 0 bridgehead atoms. The number of rotatable bonds is 0. The molecule has 0 aliphatic rings. The van der Waals surface area contributed by atoms with Gasteiger partial charge in [-0.25, -0.2) is 0 Å². The van der Waals surface area contributed by atoms with E-state index in [2.05, 4.69) is 0 Å². The van der Waals surface area contributed by atoms with Crippen LogP contribution in [0.4, 0.5) is 0 Å². The molecule has 3 nitrogen and oxygen atoms in total. The van der Waals surface area contributed by atoms with Crippen LogP contribution in [0.3, 0.4) is 0 Å². The third kappa shape index (κ3) is 33.4. The van der Waals surface area contributed by atoms with E-state index in [4.69, 9.17) is 15.1 Å². The van der Waals surface area contributed by atoms with E-state index in [9.17, 15) is 0 Å². The van der Waals surface area contributed by atoms with E-state index >= 15 is 0 Å². The van der Waals surface area contributed by atoms with Gasteiger partial charge >= 0.3 is 45.1 Å². The third-order valence-corrected chi connectivity index (χ3v) is 0. The third-order valence-electron chi connectivity index (χ3n) is 0. The van der Waals surface area contributed by atoms with Crippen LogP contribution in [0.5, 0.6) is 0 Å². The maximum Gasteiger partial charge on any atom is 2.00 e. The van der Waals surface area contributed by atoms with Crippen molar-refractivity contribution in [1.82, 2.24) is 0 Å². The molecule has 0 amide bonds. The van der Waals surface area contributed by atoms with Crippen LogP contribution >= 0.6 is 0 Å². The average molecular weight is 193 g/mol. The molecule has 0 aliphatic heterocycles. The predicted octanol–water partition coefficient (Wildman–Crippen LogP) is -2.21. The Morgan fingerprint density at radius 1 is 1.17 bits per heavy atom. The molecule has 0 atom stereocenters. The van der Waals surface area contributed by atoms with E-state index in [1.165, 1.54) is 0 Å². The Hall–Kier alpha value is 2.31.